The van der Waals surface area contributed by atoms with Crippen LogP contribution in [-0.4, -0.2) is 46.9 Å². The molecule has 7 nitrogen and oxygen atoms in total. The fourth-order valence-corrected chi connectivity index (χ4v) is 3.91. The van der Waals surface area contributed by atoms with Gasteiger partial charge in [0.15, 0.2) is 0 Å². The monoisotopic (exact) mass is 504 g/mol. The molecule has 2 heterocycles. The fourth-order valence-electron chi connectivity index (χ4n) is 3.40. The van der Waals surface area contributed by atoms with Crippen molar-refractivity contribution in [3.05, 3.63) is 64.0 Å². The third kappa shape index (κ3) is 7.37. The van der Waals surface area contributed by atoms with Gasteiger partial charge in [-0.2, -0.15) is 0 Å². The molecule has 0 atom stereocenters. The number of amides is 1. The molecule has 9 heteroatoms. The first-order valence-corrected chi connectivity index (χ1v) is 11.9. The number of halogens is 2. The number of ether oxygens (including phenoxy) is 2. The van der Waals surface area contributed by atoms with Gasteiger partial charge in [0.05, 0.1) is 12.2 Å². The van der Waals surface area contributed by atoms with E-state index >= 15 is 0 Å². The maximum Gasteiger partial charge on any atom is 0.410 e. The van der Waals surface area contributed by atoms with Crippen LogP contribution in [0.1, 0.15) is 44.7 Å². The van der Waals surface area contributed by atoms with Crippen LogP contribution in [0.5, 0.6) is 5.75 Å². The van der Waals surface area contributed by atoms with Crippen LogP contribution >= 0.6 is 23.2 Å². The number of piperidine rings is 1. The molecule has 1 aliphatic heterocycles. The minimum atomic E-state index is -0.501. The van der Waals surface area contributed by atoms with Crippen LogP contribution in [-0.2, 0) is 11.3 Å². The fraction of sp³-hybridized carbons (Fsp3) is 0.400. The van der Waals surface area contributed by atoms with E-state index < -0.39 is 5.60 Å². The zero-order valence-electron chi connectivity index (χ0n) is 19.6. The standard InChI is InChI=1S/C25H30Cl2N4O3/c1-25(2,3)34-24(32)31-9-7-19(8-10-31)30-14-18(12-28)17-11-20(15-29-13-17)33-16-21-22(26)5-4-6-23(21)27/h4-6,11-15,19H,7-10,16,28H2,1-3H3/b18-12+,30-14?. The molecule has 0 spiro atoms. The third-order valence-electron chi connectivity index (χ3n) is 5.21. The Bertz CT molecular complexity index is 1040. The van der Waals surface area contributed by atoms with E-state index in [1.807, 2.05) is 26.8 Å². The predicted molar refractivity (Wildman–Crippen MR) is 137 cm³/mol. The zero-order chi connectivity index (χ0) is 24.7. The first-order chi connectivity index (χ1) is 16.2. The normalized spacial score (nSPS) is 15.6. The zero-order valence-corrected chi connectivity index (χ0v) is 21.1. The van der Waals surface area contributed by atoms with Crippen LogP contribution in [0.25, 0.3) is 5.57 Å². The minimum Gasteiger partial charge on any atom is -0.487 e. The van der Waals surface area contributed by atoms with Crippen LogP contribution in [0.15, 0.2) is 47.9 Å². The highest BCUT2D eigenvalue weighted by Crippen LogP contribution is 2.26. The summed E-state index contributed by atoms with van der Waals surface area (Å²) >= 11 is 12.4. The first kappa shape index (κ1) is 25.8. The number of hydrogen-bond donors (Lipinski definition) is 1. The molecule has 1 amide bonds. The summed E-state index contributed by atoms with van der Waals surface area (Å²) in [5.74, 6) is 0.562. The molecule has 1 aromatic carbocycles. The second kappa shape index (κ2) is 11.6. The lowest BCUT2D eigenvalue weighted by molar-refractivity contribution is 0.0207. The second-order valence-corrected chi connectivity index (χ2v) is 9.81. The summed E-state index contributed by atoms with van der Waals surface area (Å²) in [6.07, 6.45) is 7.79. The lowest BCUT2D eigenvalue weighted by Crippen LogP contribution is -2.42. The molecule has 1 aliphatic rings. The third-order valence-corrected chi connectivity index (χ3v) is 5.92. The second-order valence-electron chi connectivity index (χ2n) is 9.00. The number of carbonyl (C=O) groups is 1. The molecule has 1 aromatic heterocycles. The maximum atomic E-state index is 12.2. The van der Waals surface area contributed by atoms with Crippen molar-refractivity contribution in [2.45, 2.75) is 51.9 Å². The van der Waals surface area contributed by atoms with E-state index in [0.717, 1.165) is 24.0 Å². The summed E-state index contributed by atoms with van der Waals surface area (Å²) in [6, 6.07) is 7.27. The van der Waals surface area contributed by atoms with Gasteiger partial charge in [0.25, 0.3) is 0 Å². The van der Waals surface area contributed by atoms with Gasteiger partial charge in [-0.15, -0.1) is 0 Å². The van der Waals surface area contributed by atoms with Gasteiger partial charge in [-0.05, 0) is 51.8 Å². The molecule has 1 saturated heterocycles. The van der Waals surface area contributed by atoms with Crippen molar-refractivity contribution in [1.29, 1.82) is 0 Å². The van der Waals surface area contributed by atoms with Crippen LogP contribution < -0.4 is 10.5 Å². The van der Waals surface area contributed by atoms with Crippen molar-refractivity contribution in [3.63, 3.8) is 0 Å². The van der Waals surface area contributed by atoms with Gasteiger partial charge >= 0.3 is 6.09 Å². The maximum absolute atomic E-state index is 12.2. The summed E-state index contributed by atoms with van der Waals surface area (Å²) in [5, 5.41) is 1.09. The van der Waals surface area contributed by atoms with Gasteiger partial charge < -0.3 is 20.1 Å². The summed E-state index contributed by atoms with van der Waals surface area (Å²) in [6.45, 7) is 7.02. The van der Waals surface area contributed by atoms with E-state index in [1.54, 1.807) is 41.7 Å². The molecule has 2 aromatic rings. The Morgan fingerprint density at radius 2 is 1.91 bits per heavy atom. The van der Waals surface area contributed by atoms with Gasteiger partial charge in [-0.1, -0.05) is 29.3 Å². The Kier molecular flexibility index (Phi) is 8.80. The van der Waals surface area contributed by atoms with E-state index in [9.17, 15) is 4.79 Å². The van der Waals surface area contributed by atoms with Crippen molar-refractivity contribution in [2.24, 2.45) is 10.7 Å². The number of likely N-dealkylation sites (tertiary alicyclic amines) is 1. The molecule has 0 aliphatic carbocycles. The molecule has 2 N–H and O–H groups in total. The Morgan fingerprint density at radius 1 is 1.24 bits per heavy atom. The minimum absolute atomic E-state index is 0.100. The molecule has 182 valence electrons. The Hall–Kier alpha value is -2.77. The Labute approximate surface area is 210 Å². The van der Waals surface area contributed by atoms with E-state index in [2.05, 4.69) is 9.98 Å². The summed E-state index contributed by atoms with van der Waals surface area (Å²) in [7, 11) is 0. The number of nitrogens with two attached hydrogens (primary N) is 1. The predicted octanol–water partition coefficient (Wildman–Crippen LogP) is 5.74. The van der Waals surface area contributed by atoms with Crippen LogP contribution in [0.4, 0.5) is 4.79 Å². The van der Waals surface area contributed by atoms with Crippen molar-refractivity contribution < 1.29 is 14.3 Å². The van der Waals surface area contributed by atoms with Crippen LogP contribution in [0.3, 0.4) is 0 Å². The number of hydrogen-bond acceptors (Lipinski definition) is 6. The number of carbonyl (C=O) groups excluding carboxylic acids is 1. The molecule has 0 bridgehead atoms. The van der Waals surface area contributed by atoms with E-state index in [1.165, 1.54) is 6.20 Å². The van der Waals surface area contributed by atoms with Gasteiger partial charge in [0, 0.05) is 58.4 Å². The van der Waals surface area contributed by atoms with E-state index in [0.29, 0.717) is 34.4 Å². The SMILES string of the molecule is CC(C)(C)OC(=O)N1CCC(N=C/C(=C\N)c2cncc(OCc3c(Cl)cccc3Cl)c2)CC1. The lowest BCUT2D eigenvalue weighted by Gasteiger charge is -2.32. The van der Waals surface area contributed by atoms with Crippen molar-refractivity contribution in [2.75, 3.05) is 13.1 Å². The number of pyridine rings is 1. The Balaban J connectivity index is 1.58. The van der Waals surface area contributed by atoms with Gasteiger partial charge in [0.1, 0.15) is 18.0 Å². The number of nitrogens with zero attached hydrogens (tertiary/aromatic N) is 3. The lowest BCUT2D eigenvalue weighted by atomic mass is 10.1. The van der Waals surface area contributed by atoms with Gasteiger partial charge in [-0.25, -0.2) is 4.79 Å². The van der Waals surface area contributed by atoms with Crippen LogP contribution in [0.2, 0.25) is 10.0 Å². The quantitative estimate of drug-likeness (QED) is 0.506. The highest BCUT2D eigenvalue weighted by atomic mass is 35.5. The van der Waals surface area contributed by atoms with E-state index in [4.69, 9.17) is 38.4 Å². The van der Waals surface area contributed by atoms with Gasteiger partial charge in [-0.3, -0.25) is 9.98 Å². The Morgan fingerprint density at radius 3 is 2.53 bits per heavy atom. The highest BCUT2D eigenvalue weighted by Gasteiger charge is 2.26. The average molecular weight is 505 g/mol. The van der Waals surface area contributed by atoms with Gasteiger partial charge in [0.2, 0.25) is 0 Å². The first-order valence-electron chi connectivity index (χ1n) is 11.1. The number of benzene rings is 1. The number of aromatic nitrogens is 1. The molecule has 1 fully saturated rings. The smallest absolute Gasteiger partial charge is 0.410 e. The molecule has 3 rings (SSSR count). The summed E-state index contributed by atoms with van der Waals surface area (Å²) < 4.78 is 11.3. The molecule has 0 radical (unpaired) electrons. The van der Waals surface area contributed by atoms with E-state index in [-0.39, 0.29) is 18.7 Å². The molecule has 0 unspecified atom stereocenters. The van der Waals surface area contributed by atoms with Crippen molar-refractivity contribution >= 4 is 41.1 Å². The van der Waals surface area contributed by atoms with Crippen molar-refractivity contribution in [1.82, 2.24) is 9.88 Å². The topological polar surface area (TPSA) is 90.0 Å². The van der Waals surface area contributed by atoms with Crippen LogP contribution in [0, 0.1) is 0 Å². The largest absolute Gasteiger partial charge is 0.487 e. The summed E-state index contributed by atoms with van der Waals surface area (Å²) in [4.78, 5) is 22.9. The number of allylic oxidation sites excluding steroid dienone is 1. The average Bonchev–Trinajstić information content (AvgIpc) is 2.79. The summed E-state index contributed by atoms with van der Waals surface area (Å²) in [5.41, 5.74) is 7.58. The van der Waals surface area contributed by atoms with Crippen molar-refractivity contribution in [3.8, 4) is 5.75 Å². The molecule has 0 saturated carbocycles. The molecular weight excluding hydrogens is 475 g/mol. The molecule has 34 heavy (non-hydrogen) atoms. The number of aliphatic imine (C=N–C) groups is 1. The highest BCUT2D eigenvalue weighted by molar-refractivity contribution is 6.35. The number of rotatable bonds is 6. The molecular formula is C25H30Cl2N4O3.